The van der Waals surface area contributed by atoms with Crippen LogP contribution in [-0.2, 0) is 7.05 Å². The number of ether oxygens (including phenoxy) is 2. The van der Waals surface area contributed by atoms with Crippen LogP contribution in [0.4, 0.5) is 0 Å². The Kier molecular flexibility index (Phi) is 5.36. The molecule has 0 atom stereocenters. The summed E-state index contributed by atoms with van der Waals surface area (Å²) in [5, 5.41) is 8.00. The van der Waals surface area contributed by atoms with Crippen LogP contribution in [0.1, 0.15) is 16.1 Å². The molecule has 1 aromatic heterocycles. The van der Waals surface area contributed by atoms with E-state index in [-0.39, 0.29) is 5.91 Å². The van der Waals surface area contributed by atoms with E-state index in [0.717, 1.165) is 9.13 Å². The van der Waals surface area contributed by atoms with Crippen LogP contribution in [0, 0.1) is 3.57 Å². The van der Waals surface area contributed by atoms with Crippen molar-refractivity contribution in [2.45, 2.75) is 0 Å². The molecule has 0 saturated carbocycles. The minimum atomic E-state index is -0.360. The van der Waals surface area contributed by atoms with Crippen molar-refractivity contribution in [2.24, 2.45) is 12.1 Å². The van der Waals surface area contributed by atoms with Crippen molar-refractivity contribution in [1.29, 1.82) is 0 Å². The molecule has 0 bridgehead atoms. The number of methoxy groups -OCH3 is 2. The molecule has 1 heterocycles. The van der Waals surface area contributed by atoms with E-state index in [2.05, 4.69) is 38.2 Å². The maximum absolute atomic E-state index is 11.9. The molecule has 1 aromatic carbocycles. The summed E-state index contributed by atoms with van der Waals surface area (Å²) < 4.78 is 12.7. The third kappa shape index (κ3) is 3.75. The van der Waals surface area contributed by atoms with Crippen LogP contribution in [0.3, 0.4) is 0 Å². The average molecular weight is 414 g/mol. The standard InChI is InChI=1S/C14H15IN4O3/c1-19-8-10(15)13(18-19)14(20)17-16-7-9-4-5-11(21-2)12(6-9)22-3/h4-8H,1-3H3,(H,17,20)/b16-7-. The van der Waals surface area contributed by atoms with Crippen LogP contribution in [0.15, 0.2) is 29.5 Å². The summed E-state index contributed by atoms with van der Waals surface area (Å²) in [7, 11) is 4.88. The van der Waals surface area contributed by atoms with Gasteiger partial charge in [-0.05, 0) is 46.4 Å². The minimum absolute atomic E-state index is 0.340. The molecule has 0 aliphatic rings. The molecule has 0 aliphatic heterocycles. The van der Waals surface area contributed by atoms with Crippen LogP contribution in [0.5, 0.6) is 11.5 Å². The van der Waals surface area contributed by atoms with Gasteiger partial charge in [-0.2, -0.15) is 10.2 Å². The fraction of sp³-hybridized carbons (Fsp3) is 0.214. The molecule has 0 spiro atoms. The molecular weight excluding hydrogens is 399 g/mol. The van der Waals surface area contributed by atoms with Gasteiger partial charge >= 0.3 is 0 Å². The number of halogens is 1. The van der Waals surface area contributed by atoms with Gasteiger partial charge in [0.1, 0.15) is 0 Å². The maximum atomic E-state index is 11.9. The van der Waals surface area contributed by atoms with Crippen LogP contribution in [-0.4, -0.2) is 36.1 Å². The predicted molar refractivity (Wildman–Crippen MR) is 90.5 cm³/mol. The van der Waals surface area contributed by atoms with Gasteiger partial charge in [-0.3, -0.25) is 9.48 Å². The Bertz CT molecular complexity index is 712. The first kappa shape index (κ1) is 16.3. The van der Waals surface area contributed by atoms with Gasteiger partial charge in [0.15, 0.2) is 17.2 Å². The molecule has 0 unspecified atom stereocenters. The summed E-state index contributed by atoms with van der Waals surface area (Å²) in [6.45, 7) is 0. The first-order chi connectivity index (χ1) is 10.5. The number of amides is 1. The molecule has 1 N–H and O–H groups in total. The molecule has 0 radical (unpaired) electrons. The first-order valence-electron chi connectivity index (χ1n) is 6.29. The first-order valence-corrected chi connectivity index (χ1v) is 7.37. The zero-order chi connectivity index (χ0) is 16.1. The number of nitrogens with one attached hydrogen (secondary N) is 1. The Morgan fingerprint density at radius 1 is 1.36 bits per heavy atom. The van der Waals surface area contributed by atoms with Crippen LogP contribution >= 0.6 is 22.6 Å². The maximum Gasteiger partial charge on any atom is 0.292 e. The van der Waals surface area contributed by atoms with Gasteiger partial charge in [0.25, 0.3) is 5.91 Å². The lowest BCUT2D eigenvalue weighted by atomic mass is 10.2. The number of aryl methyl sites for hydroxylation is 1. The highest BCUT2D eigenvalue weighted by molar-refractivity contribution is 14.1. The number of carbonyl (C=O) groups is 1. The van der Waals surface area contributed by atoms with Gasteiger partial charge in [0.05, 0.1) is 24.0 Å². The minimum Gasteiger partial charge on any atom is -0.493 e. The van der Waals surface area contributed by atoms with Crippen LogP contribution < -0.4 is 14.9 Å². The smallest absolute Gasteiger partial charge is 0.292 e. The lowest BCUT2D eigenvalue weighted by Crippen LogP contribution is -2.19. The third-order valence-corrected chi connectivity index (χ3v) is 3.58. The molecule has 2 rings (SSSR count). The highest BCUT2D eigenvalue weighted by Gasteiger charge is 2.13. The molecule has 0 fully saturated rings. The summed E-state index contributed by atoms with van der Waals surface area (Å²) in [6.07, 6.45) is 3.28. The Labute approximate surface area is 141 Å². The average Bonchev–Trinajstić information content (AvgIpc) is 2.85. The molecule has 0 saturated heterocycles. The van der Waals surface area contributed by atoms with Gasteiger partial charge in [0, 0.05) is 13.2 Å². The monoisotopic (exact) mass is 414 g/mol. The second-order valence-electron chi connectivity index (χ2n) is 4.31. The molecular formula is C14H15IN4O3. The quantitative estimate of drug-likeness (QED) is 0.460. The molecule has 2 aromatic rings. The van der Waals surface area contributed by atoms with Crippen molar-refractivity contribution in [1.82, 2.24) is 15.2 Å². The van der Waals surface area contributed by atoms with Gasteiger partial charge in [0.2, 0.25) is 0 Å². The van der Waals surface area contributed by atoms with Crippen LogP contribution in [0.25, 0.3) is 0 Å². The van der Waals surface area contributed by atoms with Crippen molar-refractivity contribution in [2.75, 3.05) is 14.2 Å². The summed E-state index contributed by atoms with van der Waals surface area (Å²) in [5.74, 6) is 0.866. The van der Waals surface area contributed by atoms with E-state index in [0.29, 0.717) is 17.2 Å². The SMILES string of the molecule is COc1ccc(/C=N\NC(=O)c2nn(C)cc2I)cc1OC. The summed E-state index contributed by atoms with van der Waals surface area (Å²) >= 11 is 2.05. The zero-order valence-electron chi connectivity index (χ0n) is 12.3. The van der Waals surface area contributed by atoms with Gasteiger partial charge in [-0.1, -0.05) is 0 Å². The van der Waals surface area contributed by atoms with E-state index in [1.165, 1.54) is 6.21 Å². The van der Waals surface area contributed by atoms with E-state index in [4.69, 9.17) is 9.47 Å². The number of rotatable bonds is 5. The Morgan fingerprint density at radius 2 is 2.09 bits per heavy atom. The van der Waals surface area contributed by atoms with E-state index >= 15 is 0 Å². The van der Waals surface area contributed by atoms with Crippen LogP contribution in [0.2, 0.25) is 0 Å². The molecule has 1 amide bonds. The highest BCUT2D eigenvalue weighted by Crippen LogP contribution is 2.26. The molecule has 7 nitrogen and oxygen atoms in total. The molecule has 22 heavy (non-hydrogen) atoms. The van der Waals surface area contributed by atoms with Gasteiger partial charge < -0.3 is 9.47 Å². The second kappa shape index (κ2) is 7.25. The van der Waals surface area contributed by atoms with Crippen molar-refractivity contribution in [3.05, 3.63) is 39.2 Å². The summed E-state index contributed by atoms with van der Waals surface area (Å²) in [6, 6.07) is 5.34. The Morgan fingerprint density at radius 3 is 2.68 bits per heavy atom. The Balaban J connectivity index is 2.06. The number of hydrogen-bond donors (Lipinski definition) is 1. The number of nitrogens with zero attached hydrogens (tertiary/aromatic N) is 3. The fourth-order valence-corrected chi connectivity index (χ4v) is 2.52. The number of hydrogen-bond acceptors (Lipinski definition) is 5. The summed E-state index contributed by atoms with van der Waals surface area (Å²) in [5.41, 5.74) is 3.56. The zero-order valence-corrected chi connectivity index (χ0v) is 14.5. The van der Waals surface area contributed by atoms with E-state index < -0.39 is 0 Å². The van der Waals surface area contributed by atoms with Gasteiger partial charge in [-0.25, -0.2) is 5.43 Å². The predicted octanol–water partition coefficient (Wildman–Crippen LogP) is 1.81. The normalized spacial score (nSPS) is 10.7. The van der Waals surface area contributed by atoms with Crippen molar-refractivity contribution in [3.8, 4) is 11.5 Å². The molecule has 116 valence electrons. The van der Waals surface area contributed by atoms with Crippen molar-refractivity contribution in [3.63, 3.8) is 0 Å². The number of carbonyl (C=O) groups excluding carboxylic acids is 1. The van der Waals surface area contributed by atoms with Gasteiger partial charge in [-0.15, -0.1) is 0 Å². The molecule has 8 heteroatoms. The lowest BCUT2D eigenvalue weighted by Gasteiger charge is -2.07. The number of aromatic nitrogens is 2. The topological polar surface area (TPSA) is 77.7 Å². The second-order valence-corrected chi connectivity index (χ2v) is 5.48. The third-order valence-electron chi connectivity index (χ3n) is 2.79. The van der Waals surface area contributed by atoms with E-state index in [1.807, 2.05) is 6.07 Å². The fourth-order valence-electron chi connectivity index (χ4n) is 1.76. The Hall–Kier alpha value is -2.10. The summed E-state index contributed by atoms with van der Waals surface area (Å²) in [4.78, 5) is 11.9. The number of benzene rings is 1. The van der Waals surface area contributed by atoms with E-state index in [9.17, 15) is 4.79 Å². The van der Waals surface area contributed by atoms with Crippen molar-refractivity contribution >= 4 is 34.7 Å². The lowest BCUT2D eigenvalue weighted by molar-refractivity contribution is 0.0948. The highest BCUT2D eigenvalue weighted by atomic mass is 127. The number of hydrazone groups is 1. The van der Waals surface area contributed by atoms with E-state index in [1.54, 1.807) is 44.3 Å². The molecule has 0 aliphatic carbocycles. The van der Waals surface area contributed by atoms with Crippen molar-refractivity contribution < 1.29 is 14.3 Å². The largest absolute Gasteiger partial charge is 0.493 e.